The van der Waals surface area contributed by atoms with Crippen molar-refractivity contribution in [3.63, 3.8) is 0 Å². The molecular weight excluding hydrogens is 248 g/mol. The molecule has 0 aliphatic heterocycles. The Labute approximate surface area is 102 Å². The molecule has 0 heterocycles. The average molecular weight is 261 g/mol. The van der Waals surface area contributed by atoms with Gasteiger partial charge in [0.2, 0.25) is 0 Å². The second-order valence-corrected chi connectivity index (χ2v) is 5.23. The molecule has 1 aromatic rings. The molecule has 0 fully saturated rings. The molecule has 1 rings (SSSR count). The molecule has 0 saturated heterocycles. The fourth-order valence-corrected chi connectivity index (χ4v) is 2.29. The minimum absolute atomic E-state index is 0.0176. The summed E-state index contributed by atoms with van der Waals surface area (Å²) in [5.41, 5.74) is 0.498. The number of hydrogen-bond donors (Lipinski definition) is 0. The number of halogens is 1. The molecule has 1 unspecified atom stereocenters. The number of rotatable bonds is 6. The van der Waals surface area contributed by atoms with Gasteiger partial charge in [0, 0.05) is 34.2 Å². The summed E-state index contributed by atoms with van der Waals surface area (Å²) in [5.74, 6) is 0.240. The maximum absolute atomic E-state index is 11.7. The molecule has 0 spiro atoms. The zero-order chi connectivity index (χ0) is 12.0. The second kappa shape index (κ2) is 6.78. The maximum atomic E-state index is 11.7. The van der Waals surface area contributed by atoms with Crippen molar-refractivity contribution in [2.75, 3.05) is 25.2 Å². The third-order valence-electron chi connectivity index (χ3n) is 1.95. The number of hydrogen-bond acceptors (Lipinski definition) is 3. The SMILES string of the molecule is COCCS(=O)CC(=O)c1cccc(Cl)c1. The highest BCUT2D eigenvalue weighted by Gasteiger charge is 2.10. The molecule has 5 heteroatoms. The lowest BCUT2D eigenvalue weighted by molar-refractivity contribution is 0.102. The third kappa shape index (κ3) is 4.43. The van der Waals surface area contributed by atoms with Crippen LogP contribution >= 0.6 is 11.6 Å². The van der Waals surface area contributed by atoms with E-state index >= 15 is 0 Å². The van der Waals surface area contributed by atoms with Crippen LogP contribution in [0.1, 0.15) is 10.4 Å². The van der Waals surface area contributed by atoms with E-state index in [1.165, 1.54) is 7.11 Å². The molecule has 3 nitrogen and oxygen atoms in total. The first-order chi connectivity index (χ1) is 7.63. The van der Waals surface area contributed by atoms with E-state index in [9.17, 15) is 9.00 Å². The van der Waals surface area contributed by atoms with Crippen molar-refractivity contribution in [2.45, 2.75) is 0 Å². The van der Waals surface area contributed by atoms with Crippen LogP contribution in [0.5, 0.6) is 0 Å². The minimum atomic E-state index is -1.17. The molecule has 0 aliphatic carbocycles. The van der Waals surface area contributed by atoms with E-state index in [0.29, 0.717) is 22.9 Å². The lowest BCUT2D eigenvalue weighted by Crippen LogP contribution is -2.15. The Morgan fingerprint density at radius 1 is 1.50 bits per heavy atom. The van der Waals surface area contributed by atoms with Gasteiger partial charge in [-0.3, -0.25) is 9.00 Å². The third-order valence-corrected chi connectivity index (χ3v) is 3.40. The first-order valence-corrected chi connectivity index (χ1v) is 6.62. The first kappa shape index (κ1) is 13.4. The van der Waals surface area contributed by atoms with E-state index in [-0.39, 0.29) is 11.5 Å². The van der Waals surface area contributed by atoms with Gasteiger partial charge in [-0.15, -0.1) is 0 Å². The topological polar surface area (TPSA) is 43.4 Å². The molecular formula is C11H13ClO3S. The highest BCUT2D eigenvalue weighted by molar-refractivity contribution is 7.85. The van der Waals surface area contributed by atoms with Crippen LogP contribution in [-0.4, -0.2) is 35.2 Å². The first-order valence-electron chi connectivity index (χ1n) is 4.76. The zero-order valence-corrected chi connectivity index (χ0v) is 10.5. The Kier molecular flexibility index (Phi) is 5.66. The Hall–Kier alpha value is -0.710. The Bertz CT molecular complexity index is 393. The molecule has 0 saturated carbocycles. The van der Waals surface area contributed by atoms with Crippen LogP contribution in [0, 0.1) is 0 Å². The number of methoxy groups -OCH3 is 1. The van der Waals surface area contributed by atoms with Crippen molar-refractivity contribution in [2.24, 2.45) is 0 Å². The number of benzene rings is 1. The number of carbonyl (C=O) groups excluding carboxylic acids is 1. The molecule has 0 radical (unpaired) electrons. The van der Waals surface area contributed by atoms with Crippen LogP contribution in [0.15, 0.2) is 24.3 Å². The molecule has 0 aromatic heterocycles. The van der Waals surface area contributed by atoms with Crippen LogP contribution < -0.4 is 0 Å². The van der Waals surface area contributed by atoms with Gasteiger partial charge in [0.1, 0.15) is 0 Å². The smallest absolute Gasteiger partial charge is 0.175 e. The fraction of sp³-hybridized carbons (Fsp3) is 0.364. The van der Waals surface area contributed by atoms with Gasteiger partial charge in [-0.25, -0.2) is 0 Å². The fourth-order valence-electron chi connectivity index (χ4n) is 1.14. The van der Waals surface area contributed by atoms with Crippen LogP contribution in [0.25, 0.3) is 0 Å². The van der Waals surface area contributed by atoms with Crippen LogP contribution in [0.4, 0.5) is 0 Å². The van der Waals surface area contributed by atoms with Crippen molar-refractivity contribution < 1.29 is 13.7 Å². The van der Waals surface area contributed by atoms with Gasteiger partial charge in [0.15, 0.2) is 5.78 Å². The lowest BCUT2D eigenvalue weighted by Gasteiger charge is -2.02. The monoisotopic (exact) mass is 260 g/mol. The van der Waals surface area contributed by atoms with Crippen LogP contribution in [0.2, 0.25) is 5.02 Å². The van der Waals surface area contributed by atoms with Gasteiger partial charge in [0.25, 0.3) is 0 Å². The summed E-state index contributed by atoms with van der Waals surface area (Å²) in [6.07, 6.45) is 0. The van der Waals surface area contributed by atoms with Gasteiger partial charge in [-0.05, 0) is 12.1 Å². The van der Waals surface area contributed by atoms with Gasteiger partial charge < -0.3 is 4.74 Å². The summed E-state index contributed by atoms with van der Waals surface area (Å²) >= 11 is 5.76. The largest absolute Gasteiger partial charge is 0.384 e. The molecule has 0 bridgehead atoms. The van der Waals surface area contributed by atoms with Gasteiger partial charge in [-0.2, -0.15) is 0 Å². The average Bonchev–Trinajstić information content (AvgIpc) is 2.26. The summed E-state index contributed by atoms with van der Waals surface area (Å²) in [6.45, 7) is 0.398. The van der Waals surface area contributed by atoms with E-state index in [1.807, 2.05) is 0 Å². The molecule has 0 N–H and O–H groups in total. The van der Waals surface area contributed by atoms with Crippen molar-refractivity contribution in [3.05, 3.63) is 34.9 Å². The van der Waals surface area contributed by atoms with E-state index in [1.54, 1.807) is 24.3 Å². The highest BCUT2D eigenvalue weighted by Crippen LogP contribution is 2.11. The van der Waals surface area contributed by atoms with Gasteiger partial charge in [0.05, 0.1) is 12.4 Å². The molecule has 1 atom stereocenters. The lowest BCUT2D eigenvalue weighted by atomic mass is 10.1. The van der Waals surface area contributed by atoms with Gasteiger partial charge >= 0.3 is 0 Å². The summed E-state index contributed by atoms with van der Waals surface area (Å²) in [7, 11) is 0.363. The van der Waals surface area contributed by atoms with Crippen LogP contribution in [0.3, 0.4) is 0 Å². The Morgan fingerprint density at radius 2 is 2.25 bits per heavy atom. The second-order valence-electron chi connectivity index (χ2n) is 3.21. The molecule has 88 valence electrons. The van der Waals surface area contributed by atoms with E-state index in [2.05, 4.69) is 0 Å². The quantitative estimate of drug-likeness (QED) is 0.734. The van der Waals surface area contributed by atoms with E-state index in [0.717, 1.165) is 0 Å². The van der Waals surface area contributed by atoms with Crippen molar-refractivity contribution >= 4 is 28.2 Å². The summed E-state index contributed by atoms with van der Waals surface area (Å²) in [4.78, 5) is 11.7. The van der Waals surface area contributed by atoms with E-state index < -0.39 is 10.8 Å². The molecule has 0 amide bonds. The minimum Gasteiger partial charge on any atom is -0.384 e. The standard InChI is InChI=1S/C11H13ClO3S/c1-15-5-6-16(14)8-11(13)9-3-2-4-10(12)7-9/h2-4,7H,5-6,8H2,1H3. The normalized spacial score (nSPS) is 12.4. The van der Waals surface area contributed by atoms with Gasteiger partial charge in [-0.1, -0.05) is 23.7 Å². The summed E-state index contributed by atoms with van der Waals surface area (Å²) < 4.78 is 16.2. The predicted octanol–water partition coefficient (Wildman–Crippen LogP) is 1.92. The Morgan fingerprint density at radius 3 is 2.88 bits per heavy atom. The zero-order valence-electron chi connectivity index (χ0n) is 8.94. The Balaban J connectivity index is 2.55. The molecule has 1 aromatic carbocycles. The molecule has 16 heavy (non-hydrogen) atoms. The summed E-state index contributed by atoms with van der Waals surface area (Å²) in [5, 5.41) is 0.508. The van der Waals surface area contributed by atoms with Crippen LogP contribution in [-0.2, 0) is 15.5 Å². The maximum Gasteiger partial charge on any atom is 0.175 e. The van der Waals surface area contributed by atoms with Crippen molar-refractivity contribution in [1.29, 1.82) is 0 Å². The summed E-state index contributed by atoms with van der Waals surface area (Å²) in [6, 6.07) is 6.65. The highest BCUT2D eigenvalue weighted by atomic mass is 35.5. The van der Waals surface area contributed by atoms with Crippen molar-refractivity contribution in [3.8, 4) is 0 Å². The number of ketones is 1. The van der Waals surface area contributed by atoms with E-state index in [4.69, 9.17) is 16.3 Å². The number of ether oxygens (including phenoxy) is 1. The molecule has 0 aliphatic rings. The predicted molar refractivity (Wildman–Crippen MR) is 65.5 cm³/mol. The number of carbonyl (C=O) groups is 1. The number of Topliss-reactive ketones (excluding diaryl/α,β-unsaturated/α-hetero) is 1. The van der Waals surface area contributed by atoms with Crippen molar-refractivity contribution in [1.82, 2.24) is 0 Å².